The largest absolute Gasteiger partial charge is 0.481 e. The van der Waals surface area contributed by atoms with Crippen molar-refractivity contribution in [2.45, 2.75) is 25.7 Å². The van der Waals surface area contributed by atoms with Crippen molar-refractivity contribution < 1.29 is 18.7 Å². The first-order chi connectivity index (χ1) is 7.52. The lowest BCUT2D eigenvalue weighted by molar-refractivity contribution is -0.145. The summed E-state index contributed by atoms with van der Waals surface area (Å²) >= 11 is 0. The first-order valence-electron chi connectivity index (χ1n) is 5.19. The molecule has 2 rings (SSSR count). The maximum absolute atomic E-state index is 13.6. The molecule has 1 fully saturated rings. The van der Waals surface area contributed by atoms with Crippen LogP contribution in [0.15, 0.2) is 12.1 Å². The van der Waals surface area contributed by atoms with Gasteiger partial charge in [0, 0.05) is 5.92 Å². The lowest BCUT2D eigenvalue weighted by Crippen LogP contribution is -2.31. The normalized spacial score (nSPS) is 23.9. The number of halogens is 2. The summed E-state index contributed by atoms with van der Waals surface area (Å²) in [5.74, 6) is -3.65. The molecule has 16 heavy (non-hydrogen) atoms. The van der Waals surface area contributed by atoms with Gasteiger partial charge >= 0.3 is 5.97 Å². The van der Waals surface area contributed by atoms with Gasteiger partial charge < -0.3 is 5.11 Å². The van der Waals surface area contributed by atoms with Gasteiger partial charge in [-0.15, -0.1) is 0 Å². The van der Waals surface area contributed by atoms with Crippen molar-refractivity contribution in [1.29, 1.82) is 0 Å². The van der Waals surface area contributed by atoms with E-state index in [1.165, 1.54) is 19.1 Å². The van der Waals surface area contributed by atoms with Crippen molar-refractivity contribution in [3.63, 3.8) is 0 Å². The van der Waals surface area contributed by atoms with Crippen molar-refractivity contribution >= 4 is 5.97 Å². The molecule has 0 heterocycles. The van der Waals surface area contributed by atoms with Gasteiger partial charge in [0.25, 0.3) is 0 Å². The predicted octanol–water partition coefficient (Wildman–Crippen LogP) is 2.85. The van der Waals surface area contributed by atoms with Crippen LogP contribution in [0.4, 0.5) is 8.78 Å². The molecule has 86 valence electrons. The molecular formula is C12H12F2O2. The Bertz CT molecular complexity index is 443. The molecular weight excluding hydrogens is 214 g/mol. The fourth-order valence-electron chi connectivity index (χ4n) is 2.12. The third-order valence-electron chi connectivity index (χ3n) is 3.30. The second-order valence-electron chi connectivity index (χ2n) is 4.23. The van der Waals surface area contributed by atoms with E-state index in [1.807, 2.05) is 0 Å². The van der Waals surface area contributed by atoms with Gasteiger partial charge in [0.1, 0.15) is 0 Å². The Kier molecular flexibility index (Phi) is 2.66. The lowest BCUT2D eigenvalue weighted by atomic mass is 9.70. The number of benzene rings is 1. The zero-order chi connectivity index (χ0) is 11.9. The number of hydrogen-bond donors (Lipinski definition) is 1. The molecule has 2 atom stereocenters. The Morgan fingerprint density at radius 2 is 2.00 bits per heavy atom. The van der Waals surface area contributed by atoms with Gasteiger partial charge in [-0.2, -0.15) is 0 Å². The first-order valence-corrected chi connectivity index (χ1v) is 5.19. The fraction of sp³-hybridized carbons (Fsp3) is 0.417. The Labute approximate surface area is 91.9 Å². The van der Waals surface area contributed by atoms with Crippen molar-refractivity contribution in [2.24, 2.45) is 5.92 Å². The molecule has 0 aliphatic heterocycles. The molecule has 0 amide bonds. The van der Waals surface area contributed by atoms with E-state index in [-0.39, 0.29) is 17.0 Å². The van der Waals surface area contributed by atoms with Crippen molar-refractivity contribution in [2.75, 3.05) is 0 Å². The number of carboxylic acid groups (broad SMARTS) is 1. The molecule has 0 aromatic heterocycles. The number of rotatable bonds is 2. The zero-order valence-corrected chi connectivity index (χ0v) is 8.84. The molecule has 0 spiro atoms. The minimum atomic E-state index is -0.934. The molecule has 2 unspecified atom stereocenters. The Balaban J connectivity index is 2.35. The van der Waals surface area contributed by atoms with E-state index >= 15 is 0 Å². The molecule has 0 saturated heterocycles. The fourth-order valence-corrected chi connectivity index (χ4v) is 2.12. The molecule has 2 nitrogen and oxygen atoms in total. The average Bonchev–Trinajstić information content (AvgIpc) is 2.16. The summed E-state index contributed by atoms with van der Waals surface area (Å²) in [4.78, 5) is 10.8. The van der Waals surface area contributed by atoms with Crippen LogP contribution in [0.25, 0.3) is 0 Å². The highest BCUT2D eigenvalue weighted by Crippen LogP contribution is 2.43. The molecule has 1 N–H and O–H groups in total. The molecule has 1 saturated carbocycles. The van der Waals surface area contributed by atoms with Crippen LogP contribution in [0.3, 0.4) is 0 Å². The van der Waals surface area contributed by atoms with Gasteiger partial charge in [-0.25, -0.2) is 8.78 Å². The Morgan fingerprint density at radius 3 is 2.50 bits per heavy atom. The van der Waals surface area contributed by atoms with Gasteiger partial charge in [-0.05, 0) is 30.9 Å². The van der Waals surface area contributed by atoms with E-state index in [0.717, 1.165) is 0 Å². The van der Waals surface area contributed by atoms with Crippen LogP contribution in [0.1, 0.15) is 29.9 Å². The monoisotopic (exact) mass is 226 g/mol. The lowest BCUT2D eigenvalue weighted by Gasteiger charge is -2.34. The molecule has 0 bridgehead atoms. The van der Waals surface area contributed by atoms with E-state index in [9.17, 15) is 13.6 Å². The van der Waals surface area contributed by atoms with Gasteiger partial charge in [0.15, 0.2) is 11.6 Å². The van der Waals surface area contributed by atoms with Crippen molar-refractivity contribution in [3.8, 4) is 0 Å². The summed E-state index contributed by atoms with van der Waals surface area (Å²) < 4.78 is 26.9. The maximum Gasteiger partial charge on any atom is 0.307 e. The van der Waals surface area contributed by atoms with Crippen molar-refractivity contribution in [1.82, 2.24) is 0 Å². The van der Waals surface area contributed by atoms with Gasteiger partial charge in [0.2, 0.25) is 0 Å². The van der Waals surface area contributed by atoms with Gasteiger partial charge in [-0.1, -0.05) is 12.1 Å². The number of carboxylic acids is 1. The second kappa shape index (κ2) is 3.85. The van der Waals surface area contributed by atoms with E-state index in [1.54, 1.807) is 0 Å². The number of hydrogen-bond acceptors (Lipinski definition) is 1. The summed E-state index contributed by atoms with van der Waals surface area (Å²) in [6, 6.07) is 2.98. The third kappa shape index (κ3) is 1.58. The minimum absolute atomic E-state index is 0.196. The quantitative estimate of drug-likeness (QED) is 0.841. The van der Waals surface area contributed by atoms with E-state index in [2.05, 4.69) is 0 Å². The summed E-state index contributed by atoms with van der Waals surface area (Å²) in [5.41, 5.74) is 0.439. The third-order valence-corrected chi connectivity index (χ3v) is 3.30. The van der Waals surface area contributed by atoms with E-state index in [4.69, 9.17) is 5.11 Å². The van der Waals surface area contributed by atoms with Crippen LogP contribution in [0.2, 0.25) is 0 Å². The standard InChI is InChI=1S/C12H12F2O2/c1-6-2-3-8(11(14)10(6)13)7-4-5-9(7)12(15)16/h2-3,7,9H,4-5H2,1H3,(H,15,16). The molecule has 4 heteroatoms. The highest BCUT2D eigenvalue weighted by molar-refractivity contribution is 5.72. The van der Waals surface area contributed by atoms with Crippen molar-refractivity contribution in [3.05, 3.63) is 34.9 Å². The SMILES string of the molecule is Cc1ccc(C2CCC2C(=O)O)c(F)c1F. The second-order valence-corrected chi connectivity index (χ2v) is 4.23. The number of carbonyl (C=O) groups is 1. The summed E-state index contributed by atoms with van der Waals surface area (Å²) in [5, 5.41) is 8.86. The topological polar surface area (TPSA) is 37.3 Å². The average molecular weight is 226 g/mol. The molecule has 1 aromatic rings. The van der Waals surface area contributed by atoms with E-state index < -0.39 is 23.5 Å². The molecule has 1 aromatic carbocycles. The van der Waals surface area contributed by atoms with Crippen LogP contribution in [0, 0.1) is 24.5 Å². The van der Waals surface area contributed by atoms with Crippen LogP contribution in [-0.4, -0.2) is 11.1 Å². The smallest absolute Gasteiger partial charge is 0.307 e. The zero-order valence-electron chi connectivity index (χ0n) is 8.84. The Morgan fingerprint density at radius 1 is 1.31 bits per heavy atom. The Hall–Kier alpha value is -1.45. The van der Waals surface area contributed by atoms with Crippen LogP contribution >= 0.6 is 0 Å². The highest BCUT2D eigenvalue weighted by atomic mass is 19.2. The van der Waals surface area contributed by atoms with Gasteiger partial charge in [0.05, 0.1) is 5.92 Å². The molecule has 1 aliphatic rings. The van der Waals surface area contributed by atoms with Crippen LogP contribution in [-0.2, 0) is 4.79 Å². The molecule has 1 aliphatic carbocycles. The summed E-state index contributed by atoms with van der Waals surface area (Å²) in [6.07, 6.45) is 1.14. The minimum Gasteiger partial charge on any atom is -0.481 e. The van der Waals surface area contributed by atoms with Crippen LogP contribution < -0.4 is 0 Å². The highest BCUT2D eigenvalue weighted by Gasteiger charge is 2.39. The summed E-state index contributed by atoms with van der Waals surface area (Å²) in [7, 11) is 0. The number of aryl methyl sites for hydroxylation is 1. The number of aliphatic carboxylic acids is 1. The van der Waals surface area contributed by atoms with E-state index in [0.29, 0.717) is 12.8 Å². The van der Waals surface area contributed by atoms with Crippen LogP contribution in [0.5, 0.6) is 0 Å². The maximum atomic E-state index is 13.6. The van der Waals surface area contributed by atoms with Gasteiger partial charge in [-0.3, -0.25) is 4.79 Å². The predicted molar refractivity (Wildman–Crippen MR) is 54.2 cm³/mol. The first kappa shape index (κ1) is 11.0. The summed E-state index contributed by atoms with van der Waals surface area (Å²) in [6.45, 7) is 1.48. The molecule has 0 radical (unpaired) electrons.